The van der Waals surface area contributed by atoms with E-state index in [4.69, 9.17) is 4.52 Å². The summed E-state index contributed by atoms with van der Waals surface area (Å²) in [5.74, 6) is 0.627. The largest absolute Gasteiger partial charge is 0.340 e. The van der Waals surface area contributed by atoms with Crippen molar-refractivity contribution >= 4 is 39.3 Å². The number of aromatic nitrogens is 2. The number of rotatable bonds is 5. The second-order valence-electron chi connectivity index (χ2n) is 5.09. The van der Waals surface area contributed by atoms with E-state index in [1.54, 1.807) is 25.1 Å². The summed E-state index contributed by atoms with van der Waals surface area (Å²) in [6.07, 6.45) is 0. The Kier molecular flexibility index (Phi) is 5.50. The predicted octanol–water partition coefficient (Wildman–Crippen LogP) is 4.82. The zero-order chi connectivity index (χ0) is 17.8. The Morgan fingerprint density at radius 2 is 2.12 bits per heavy atom. The van der Waals surface area contributed by atoms with Gasteiger partial charge >= 0.3 is 0 Å². The van der Waals surface area contributed by atoms with Crippen molar-refractivity contribution in [1.82, 2.24) is 10.1 Å². The van der Waals surface area contributed by atoms with Gasteiger partial charge in [-0.05, 0) is 30.3 Å². The van der Waals surface area contributed by atoms with Gasteiger partial charge in [-0.15, -0.1) is 11.8 Å². The molecule has 0 unspecified atom stereocenters. The molecule has 2 aromatic carbocycles. The second-order valence-corrected chi connectivity index (χ2v) is 7.03. The minimum Gasteiger partial charge on any atom is -0.340 e. The molecule has 0 aliphatic heterocycles. The van der Waals surface area contributed by atoms with Gasteiger partial charge < -0.3 is 9.84 Å². The second kappa shape index (κ2) is 7.79. The standard InChI is InChI=1S/C17H13BrFN3O2S/c1-10-20-16(22-24-10)9-25-15-5-3-2-4-12(15)17(23)21-14-7-6-11(18)8-13(14)19/h2-8H,9H2,1H3,(H,21,23). The van der Waals surface area contributed by atoms with Crippen LogP contribution in [0.15, 0.2) is 56.4 Å². The summed E-state index contributed by atoms with van der Waals surface area (Å²) in [6, 6.07) is 11.6. The number of thioether (sulfide) groups is 1. The molecule has 0 saturated carbocycles. The Labute approximate surface area is 156 Å². The predicted molar refractivity (Wildman–Crippen MR) is 97.1 cm³/mol. The maximum Gasteiger partial charge on any atom is 0.256 e. The smallest absolute Gasteiger partial charge is 0.256 e. The molecule has 0 radical (unpaired) electrons. The zero-order valence-corrected chi connectivity index (χ0v) is 15.5. The first-order valence-corrected chi connectivity index (χ1v) is 9.08. The average molecular weight is 422 g/mol. The van der Waals surface area contributed by atoms with Crippen LogP contribution in [0.3, 0.4) is 0 Å². The SMILES string of the molecule is Cc1nc(CSc2ccccc2C(=O)Nc2ccc(Br)cc2F)no1. The lowest BCUT2D eigenvalue weighted by Crippen LogP contribution is -2.14. The number of halogens is 2. The zero-order valence-electron chi connectivity index (χ0n) is 13.1. The molecule has 1 amide bonds. The summed E-state index contributed by atoms with van der Waals surface area (Å²) in [4.78, 5) is 17.4. The number of anilines is 1. The quantitative estimate of drug-likeness (QED) is 0.597. The lowest BCUT2D eigenvalue weighted by atomic mass is 10.2. The van der Waals surface area contributed by atoms with Crippen molar-refractivity contribution in [1.29, 1.82) is 0 Å². The fourth-order valence-corrected chi connectivity index (χ4v) is 3.33. The summed E-state index contributed by atoms with van der Waals surface area (Å²) in [5, 5.41) is 6.43. The van der Waals surface area contributed by atoms with Crippen LogP contribution in [-0.4, -0.2) is 16.0 Å². The molecule has 0 bridgehead atoms. The molecule has 0 aliphatic carbocycles. The lowest BCUT2D eigenvalue weighted by molar-refractivity contribution is 0.102. The molecule has 3 rings (SSSR count). The lowest BCUT2D eigenvalue weighted by Gasteiger charge is -2.10. The molecule has 3 aromatic rings. The molecule has 0 saturated heterocycles. The van der Waals surface area contributed by atoms with E-state index < -0.39 is 5.82 Å². The number of amides is 1. The van der Waals surface area contributed by atoms with Gasteiger partial charge in [-0.1, -0.05) is 33.2 Å². The van der Waals surface area contributed by atoms with Gasteiger partial charge in [0.2, 0.25) is 5.89 Å². The fourth-order valence-electron chi connectivity index (χ4n) is 2.10. The van der Waals surface area contributed by atoms with Crippen molar-refractivity contribution in [2.45, 2.75) is 17.6 Å². The number of hydrogen-bond donors (Lipinski definition) is 1. The molecule has 1 N–H and O–H groups in total. The molecule has 1 heterocycles. The van der Waals surface area contributed by atoms with Crippen LogP contribution in [0.4, 0.5) is 10.1 Å². The Morgan fingerprint density at radius 3 is 2.84 bits per heavy atom. The highest BCUT2D eigenvalue weighted by atomic mass is 79.9. The number of benzene rings is 2. The number of aryl methyl sites for hydroxylation is 1. The Hall–Kier alpha value is -2.19. The summed E-state index contributed by atoms with van der Waals surface area (Å²) in [7, 11) is 0. The van der Waals surface area contributed by atoms with Gasteiger partial charge in [0.1, 0.15) is 5.82 Å². The van der Waals surface area contributed by atoms with Crippen molar-refractivity contribution in [3.05, 3.63) is 70.0 Å². The van der Waals surface area contributed by atoms with Crippen LogP contribution in [0.25, 0.3) is 0 Å². The van der Waals surface area contributed by atoms with E-state index in [-0.39, 0.29) is 11.6 Å². The van der Waals surface area contributed by atoms with Crippen molar-refractivity contribution in [2.24, 2.45) is 0 Å². The third-order valence-corrected chi connectivity index (χ3v) is 4.80. The van der Waals surface area contributed by atoms with Crippen LogP contribution in [0.1, 0.15) is 22.1 Å². The number of hydrogen-bond acceptors (Lipinski definition) is 5. The van der Waals surface area contributed by atoms with Crippen molar-refractivity contribution < 1.29 is 13.7 Å². The topological polar surface area (TPSA) is 68.0 Å². The van der Waals surface area contributed by atoms with Crippen LogP contribution < -0.4 is 5.32 Å². The third-order valence-electron chi connectivity index (χ3n) is 3.24. The van der Waals surface area contributed by atoms with Crippen LogP contribution in [0.2, 0.25) is 0 Å². The molecule has 1 aromatic heterocycles. The first kappa shape index (κ1) is 17.6. The Bertz CT molecular complexity index is 916. The first-order valence-electron chi connectivity index (χ1n) is 7.30. The molecule has 5 nitrogen and oxygen atoms in total. The van der Waals surface area contributed by atoms with Gasteiger partial charge in [-0.25, -0.2) is 4.39 Å². The summed E-state index contributed by atoms with van der Waals surface area (Å²) < 4.78 is 19.5. The minimum absolute atomic E-state index is 0.127. The molecule has 0 aliphatic rings. The van der Waals surface area contributed by atoms with Crippen molar-refractivity contribution in [3.8, 4) is 0 Å². The Balaban J connectivity index is 1.76. The van der Waals surface area contributed by atoms with Crippen LogP contribution in [-0.2, 0) is 5.75 Å². The maximum atomic E-state index is 13.9. The van der Waals surface area contributed by atoms with Crippen LogP contribution >= 0.6 is 27.7 Å². The Morgan fingerprint density at radius 1 is 1.32 bits per heavy atom. The van der Waals surface area contributed by atoms with Gasteiger partial charge in [0.25, 0.3) is 5.91 Å². The van der Waals surface area contributed by atoms with Gasteiger partial charge in [0.05, 0.1) is 17.0 Å². The van der Waals surface area contributed by atoms with Crippen LogP contribution in [0.5, 0.6) is 0 Å². The van der Waals surface area contributed by atoms with Crippen LogP contribution in [0, 0.1) is 12.7 Å². The van der Waals surface area contributed by atoms with Gasteiger partial charge in [-0.2, -0.15) is 4.98 Å². The van der Waals surface area contributed by atoms with E-state index in [2.05, 4.69) is 31.4 Å². The number of carbonyl (C=O) groups is 1. The van der Waals surface area contributed by atoms with Gasteiger partial charge in [0.15, 0.2) is 5.82 Å². The monoisotopic (exact) mass is 421 g/mol. The van der Waals surface area contributed by atoms with Gasteiger partial charge in [0, 0.05) is 16.3 Å². The minimum atomic E-state index is -0.505. The molecular weight excluding hydrogens is 409 g/mol. The summed E-state index contributed by atoms with van der Waals surface area (Å²) in [5.41, 5.74) is 0.580. The van der Waals surface area contributed by atoms with E-state index in [9.17, 15) is 9.18 Å². The molecule has 0 spiro atoms. The van der Waals surface area contributed by atoms with E-state index in [0.717, 1.165) is 4.90 Å². The van der Waals surface area contributed by atoms with E-state index in [0.29, 0.717) is 27.5 Å². The number of carbonyl (C=O) groups excluding carboxylic acids is 1. The van der Waals surface area contributed by atoms with E-state index in [1.165, 1.54) is 23.9 Å². The van der Waals surface area contributed by atoms with Crippen molar-refractivity contribution in [2.75, 3.05) is 5.32 Å². The summed E-state index contributed by atoms with van der Waals surface area (Å²) >= 11 is 4.60. The fraction of sp³-hybridized carbons (Fsp3) is 0.118. The number of nitrogens with zero attached hydrogens (tertiary/aromatic N) is 2. The van der Waals surface area contributed by atoms with E-state index >= 15 is 0 Å². The molecule has 0 atom stereocenters. The maximum absolute atomic E-state index is 13.9. The number of nitrogens with one attached hydrogen (secondary N) is 1. The first-order chi connectivity index (χ1) is 12.0. The van der Waals surface area contributed by atoms with Crippen molar-refractivity contribution in [3.63, 3.8) is 0 Å². The van der Waals surface area contributed by atoms with Gasteiger partial charge in [-0.3, -0.25) is 4.79 Å². The van der Waals surface area contributed by atoms with E-state index in [1.807, 2.05) is 12.1 Å². The third kappa shape index (κ3) is 4.46. The summed E-state index contributed by atoms with van der Waals surface area (Å²) in [6.45, 7) is 1.72. The normalized spacial score (nSPS) is 10.7. The molecule has 128 valence electrons. The molecule has 8 heteroatoms. The average Bonchev–Trinajstić information content (AvgIpc) is 3.01. The highest BCUT2D eigenvalue weighted by Gasteiger charge is 2.14. The highest BCUT2D eigenvalue weighted by molar-refractivity contribution is 9.10. The molecular formula is C17H13BrFN3O2S. The molecule has 25 heavy (non-hydrogen) atoms. The molecule has 0 fully saturated rings. The highest BCUT2D eigenvalue weighted by Crippen LogP contribution is 2.27.